The van der Waals surface area contributed by atoms with Gasteiger partial charge in [-0.25, -0.2) is 0 Å². The van der Waals surface area contributed by atoms with Gasteiger partial charge in [0.25, 0.3) is 0 Å². The fraction of sp³-hybridized carbons (Fsp3) is 0.588. The molecule has 1 unspecified atom stereocenters. The molecule has 116 valence electrons. The van der Waals surface area contributed by atoms with Crippen molar-refractivity contribution in [2.75, 3.05) is 20.1 Å². The molecule has 1 heterocycles. The quantitative estimate of drug-likeness (QED) is 0.847. The highest BCUT2D eigenvalue weighted by Crippen LogP contribution is 2.17. The van der Waals surface area contributed by atoms with E-state index < -0.39 is 0 Å². The van der Waals surface area contributed by atoms with E-state index in [-0.39, 0.29) is 11.9 Å². The SMILES string of the molecule is CN1CCCCCC1C(=O)NCCCc1ccccc1Cl. The molecule has 0 saturated carbocycles. The molecule has 2 rings (SSSR count). The van der Waals surface area contributed by atoms with Crippen LogP contribution in [0.2, 0.25) is 5.02 Å². The van der Waals surface area contributed by atoms with E-state index in [9.17, 15) is 4.79 Å². The van der Waals surface area contributed by atoms with E-state index in [1.54, 1.807) is 0 Å². The second-order valence-electron chi connectivity index (χ2n) is 5.83. The number of carbonyl (C=O) groups excluding carboxylic acids is 1. The standard InChI is InChI=1S/C17H25ClN2O/c1-20-13-6-2-3-11-16(20)17(21)19-12-7-9-14-8-4-5-10-15(14)18/h4-5,8,10,16H,2-3,6-7,9,11-13H2,1H3,(H,19,21). The third-order valence-corrected chi connectivity index (χ3v) is 4.57. The summed E-state index contributed by atoms with van der Waals surface area (Å²) in [6.45, 7) is 1.74. The van der Waals surface area contributed by atoms with Crippen molar-refractivity contribution in [2.45, 2.75) is 44.6 Å². The van der Waals surface area contributed by atoms with E-state index in [1.807, 2.05) is 24.3 Å². The molecule has 21 heavy (non-hydrogen) atoms. The zero-order chi connectivity index (χ0) is 15.1. The van der Waals surface area contributed by atoms with Crippen molar-refractivity contribution in [3.63, 3.8) is 0 Å². The fourth-order valence-electron chi connectivity index (χ4n) is 2.89. The van der Waals surface area contributed by atoms with Gasteiger partial charge < -0.3 is 5.32 Å². The van der Waals surface area contributed by atoms with Crippen LogP contribution < -0.4 is 5.32 Å². The highest BCUT2D eigenvalue weighted by Gasteiger charge is 2.23. The molecule has 4 heteroatoms. The average molecular weight is 309 g/mol. The van der Waals surface area contributed by atoms with Crippen molar-refractivity contribution in [3.05, 3.63) is 34.9 Å². The summed E-state index contributed by atoms with van der Waals surface area (Å²) in [5.74, 6) is 0.179. The van der Waals surface area contributed by atoms with Crippen molar-refractivity contribution < 1.29 is 4.79 Å². The molecule has 1 saturated heterocycles. The number of likely N-dealkylation sites (N-methyl/N-ethyl adjacent to an activating group) is 1. The molecule has 1 atom stereocenters. The Morgan fingerprint density at radius 1 is 1.33 bits per heavy atom. The zero-order valence-electron chi connectivity index (χ0n) is 12.8. The van der Waals surface area contributed by atoms with Crippen LogP contribution in [0.25, 0.3) is 0 Å². The number of nitrogens with one attached hydrogen (secondary N) is 1. The minimum Gasteiger partial charge on any atom is -0.355 e. The van der Waals surface area contributed by atoms with Gasteiger partial charge >= 0.3 is 0 Å². The maximum absolute atomic E-state index is 12.3. The molecule has 0 spiro atoms. The number of benzene rings is 1. The Hall–Kier alpha value is -1.06. The van der Waals surface area contributed by atoms with Crippen molar-refractivity contribution in [1.29, 1.82) is 0 Å². The molecule has 0 aromatic heterocycles. The smallest absolute Gasteiger partial charge is 0.237 e. The van der Waals surface area contributed by atoms with E-state index in [0.717, 1.165) is 42.8 Å². The minimum atomic E-state index is 0.0489. The molecular weight excluding hydrogens is 284 g/mol. The van der Waals surface area contributed by atoms with Gasteiger partial charge in [0.2, 0.25) is 5.91 Å². The number of nitrogens with zero attached hydrogens (tertiary/aromatic N) is 1. The molecule has 0 radical (unpaired) electrons. The lowest BCUT2D eigenvalue weighted by Crippen LogP contribution is -2.45. The van der Waals surface area contributed by atoms with Gasteiger partial charge in [-0.15, -0.1) is 0 Å². The van der Waals surface area contributed by atoms with Crippen molar-refractivity contribution in [2.24, 2.45) is 0 Å². The van der Waals surface area contributed by atoms with Crippen LogP contribution in [0.1, 0.15) is 37.7 Å². The number of amides is 1. The number of halogens is 1. The first-order valence-corrected chi connectivity index (χ1v) is 8.27. The van der Waals surface area contributed by atoms with E-state index in [2.05, 4.69) is 17.3 Å². The first kappa shape index (κ1) is 16.3. The van der Waals surface area contributed by atoms with Gasteiger partial charge in [-0.3, -0.25) is 9.69 Å². The monoisotopic (exact) mass is 308 g/mol. The van der Waals surface area contributed by atoms with Crippen LogP contribution in [0.4, 0.5) is 0 Å². The first-order chi connectivity index (χ1) is 10.2. The lowest BCUT2D eigenvalue weighted by Gasteiger charge is -2.24. The average Bonchev–Trinajstić information content (AvgIpc) is 2.69. The largest absolute Gasteiger partial charge is 0.355 e. The Labute approximate surface area is 132 Å². The summed E-state index contributed by atoms with van der Waals surface area (Å²) in [7, 11) is 2.05. The fourth-order valence-corrected chi connectivity index (χ4v) is 3.12. The summed E-state index contributed by atoms with van der Waals surface area (Å²) < 4.78 is 0. The number of hydrogen-bond acceptors (Lipinski definition) is 2. The van der Waals surface area contributed by atoms with Gasteiger partial charge in [0.05, 0.1) is 6.04 Å². The van der Waals surface area contributed by atoms with E-state index in [1.165, 1.54) is 12.8 Å². The summed E-state index contributed by atoms with van der Waals surface area (Å²) in [4.78, 5) is 14.5. The van der Waals surface area contributed by atoms with Crippen LogP contribution in [-0.2, 0) is 11.2 Å². The predicted molar refractivity (Wildman–Crippen MR) is 87.7 cm³/mol. The summed E-state index contributed by atoms with van der Waals surface area (Å²) >= 11 is 6.13. The number of aryl methyl sites for hydroxylation is 1. The summed E-state index contributed by atoms with van der Waals surface area (Å²) in [6.07, 6.45) is 6.40. The molecule has 0 aliphatic carbocycles. The second kappa shape index (κ2) is 8.40. The highest BCUT2D eigenvalue weighted by molar-refractivity contribution is 6.31. The summed E-state index contributed by atoms with van der Waals surface area (Å²) in [6, 6.07) is 7.95. The van der Waals surface area contributed by atoms with Crippen LogP contribution in [0, 0.1) is 0 Å². The molecule has 1 amide bonds. The normalized spacial score (nSPS) is 20.0. The molecular formula is C17H25ClN2O. The Morgan fingerprint density at radius 3 is 2.95 bits per heavy atom. The van der Waals surface area contributed by atoms with E-state index in [4.69, 9.17) is 11.6 Å². The Bertz CT molecular complexity index is 464. The van der Waals surface area contributed by atoms with Crippen molar-refractivity contribution in [3.8, 4) is 0 Å². The molecule has 1 aliphatic rings. The molecule has 1 N–H and O–H groups in total. The van der Waals surface area contributed by atoms with E-state index in [0.29, 0.717) is 6.54 Å². The number of likely N-dealkylation sites (tertiary alicyclic amines) is 1. The number of hydrogen-bond donors (Lipinski definition) is 1. The van der Waals surface area contributed by atoms with Crippen LogP contribution in [0.15, 0.2) is 24.3 Å². The Kier molecular flexibility index (Phi) is 6.52. The predicted octanol–water partition coefficient (Wildman–Crippen LogP) is 3.26. The van der Waals surface area contributed by atoms with Crippen LogP contribution >= 0.6 is 11.6 Å². The van der Waals surface area contributed by atoms with Crippen LogP contribution in [-0.4, -0.2) is 37.0 Å². The van der Waals surface area contributed by atoms with Crippen molar-refractivity contribution in [1.82, 2.24) is 10.2 Å². The molecule has 1 aliphatic heterocycles. The van der Waals surface area contributed by atoms with E-state index >= 15 is 0 Å². The zero-order valence-corrected chi connectivity index (χ0v) is 13.5. The Morgan fingerprint density at radius 2 is 2.14 bits per heavy atom. The van der Waals surface area contributed by atoms with Crippen LogP contribution in [0.5, 0.6) is 0 Å². The maximum Gasteiger partial charge on any atom is 0.237 e. The van der Waals surface area contributed by atoms with Gasteiger partial charge in [-0.2, -0.15) is 0 Å². The van der Waals surface area contributed by atoms with Gasteiger partial charge in [-0.1, -0.05) is 42.6 Å². The van der Waals surface area contributed by atoms with Crippen molar-refractivity contribution >= 4 is 17.5 Å². The topological polar surface area (TPSA) is 32.3 Å². The molecule has 1 aromatic rings. The summed E-state index contributed by atoms with van der Waals surface area (Å²) in [5.41, 5.74) is 1.15. The molecule has 3 nitrogen and oxygen atoms in total. The third kappa shape index (κ3) is 5.01. The second-order valence-corrected chi connectivity index (χ2v) is 6.24. The lowest BCUT2D eigenvalue weighted by atomic mass is 10.1. The lowest BCUT2D eigenvalue weighted by molar-refractivity contribution is -0.126. The highest BCUT2D eigenvalue weighted by atomic mass is 35.5. The molecule has 1 fully saturated rings. The van der Waals surface area contributed by atoms with Crippen LogP contribution in [0.3, 0.4) is 0 Å². The minimum absolute atomic E-state index is 0.0489. The summed E-state index contributed by atoms with van der Waals surface area (Å²) in [5, 5.41) is 3.89. The third-order valence-electron chi connectivity index (χ3n) is 4.20. The van der Waals surface area contributed by atoms with Gasteiger partial charge in [-0.05, 0) is 50.9 Å². The molecule has 0 bridgehead atoms. The van der Waals surface area contributed by atoms with Gasteiger partial charge in [0.15, 0.2) is 0 Å². The maximum atomic E-state index is 12.3. The van der Waals surface area contributed by atoms with Gasteiger partial charge in [0, 0.05) is 11.6 Å². The first-order valence-electron chi connectivity index (χ1n) is 7.90. The Balaban J connectivity index is 1.72. The number of rotatable bonds is 5. The molecule has 1 aromatic carbocycles. The van der Waals surface area contributed by atoms with Gasteiger partial charge in [0.1, 0.15) is 0 Å². The number of carbonyl (C=O) groups is 1.